The molecular formula is C18H31N3O. The van der Waals surface area contributed by atoms with Gasteiger partial charge in [0.1, 0.15) is 0 Å². The van der Waals surface area contributed by atoms with Crippen LogP contribution in [0.3, 0.4) is 0 Å². The molecular weight excluding hydrogens is 274 g/mol. The monoisotopic (exact) mass is 305 g/mol. The third kappa shape index (κ3) is 8.01. The molecule has 124 valence electrons. The number of amides is 1. The van der Waals surface area contributed by atoms with Crippen molar-refractivity contribution in [3.05, 3.63) is 24.0 Å². The molecule has 0 atom stereocenters. The molecule has 0 aliphatic rings. The molecule has 1 aromatic rings. The fourth-order valence-corrected chi connectivity index (χ4v) is 2.51. The van der Waals surface area contributed by atoms with Crippen molar-refractivity contribution in [1.82, 2.24) is 10.3 Å². The quantitative estimate of drug-likeness (QED) is 0.565. The average molecular weight is 305 g/mol. The molecule has 0 unspecified atom stereocenters. The van der Waals surface area contributed by atoms with Gasteiger partial charge in [0.2, 0.25) is 0 Å². The standard InChI is InChI=1S/C18H31N3O/c1-2-3-4-5-6-7-8-9-10-11-14-21-18(22)17-16(19)13-12-15-20-17/h12-13,15H,2-11,14,19H2,1H3,(H,21,22). The van der Waals surface area contributed by atoms with Crippen LogP contribution in [0.4, 0.5) is 5.69 Å². The first-order chi connectivity index (χ1) is 10.8. The molecule has 4 heteroatoms. The van der Waals surface area contributed by atoms with Crippen molar-refractivity contribution in [2.45, 2.75) is 71.1 Å². The van der Waals surface area contributed by atoms with Gasteiger partial charge >= 0.3 is 0 Å². The second kappa shape index (κ2) is 12.0. The van der Waals surface area contributed by atoms with Crippen LogP contribution in [0.1, 0.15) is 81.6 Å². The SMILES string of the molecule is CCCCCCCCCCCCNC(=O)c1ncccc1N. The molecule has 22 heavy (non-hydrogen) atoms. The Morgan fingerprint density at radius 1 is 1.05 bits per heavy atom. The van der Waals surface area contributed by atoms with Gasteiger partial charge in [-0.05, 0) is 18.6 Å². The Labute approximate surface area is 134 Å². The van der Waals surface area contributed by atoms with Crippen LogP contribution in [0.15, 0.2) is 18.3 Å². The first-order valence-electron chi connectivity index (χ1n) is 8.74. The third-order valence-electron chi connectivity index (χ3n) is 3.87. The van der Waals surface area contributed by atoms with Crippen LogP contribution in [0.25, 0.3) is 0 Å². The number of rotatable bonds is 12. The minimum atomic E-state index is -0.172. The van der Waals surface area contributed by atoms with E-state index >= 15 is 0 Å². The van der Waals surface area contributed by atoms with Crippen molar-refractivity contribution in [3.8, 4) is 0 Å². The molecule has 0 aromatic carbocycles. The molecule has 1 amide bonds. The van der Waals surface area contributed by atoms with Gasteiger partial charge in [0.05, 0.1) is 5.69 Å². The normalized spacial score (nSPS) is 10.6. The molecule has 0 fully saturated rings. The summed E-state index contributed by atoms with van der Waals surface area (Å²) >= 11 is 0. The molecule has 3 N–H and O–H groups in total. The largest absolute Gasteiger partial charge is 0.397 e. The minimum absolute atomic E-state index is 0.172. The smallest absolute Gasteiger partial charge is 0.272 e. The lowest BCUT2D eigenvalue weighted by atomic mass is 10.1. The lowest BCUT2D eigenvalue weighted by Gasteiger charge is -2.06. The van der Waals surface area contributed by atoms with Gasteiger partial charge in [0.15, 0.2) is 5.69 Å². The first kappa shape index (κ1) is 18.5. The number of nitrogens with zero attached hydrogens (tertiary/aromatic N) is 1. The average Bonchev–Trinajstić information content (AvgIpc) is 2.53. The molecule has 0 saturated carbocycles. The van der Waals surface area contributed by atoms with Crippen LogP contribution < -0.4 is 11.1 Å². The molecule has 1 rings (SSSR count). The summed E-state index contributed by atoms with van der Waals surface area (Å²) in [5.41, 5.74) is 6.49. The van der Waals surface area contributed by atoms with Gasteiger partial charge in [-0.1, -0.05) is 64.7 Å². The highest BCUT2D eigenvalue weighted by molar-refractivity contribution is 5.96. The number of nitrogens with one attached hydrogen (secondary N) is 1. The number of nitrogen functional groups attached to an aromatic ring is 1. The number of nitrogens with two attached hydrogens (primary N) is 1. The number of carbonyl (C=O) groups excluding carboxylic acids is 1. The molecule has 4 nitrogen and oxygen atoms in total. The maximum atomic E-state index is 11.9. The van der Waals surface area contributed by atoms with Gasteiger partial charge in [0, 0.05) is 12.7 Å². The fourth-order valence-electron chi connectivity index (χ4n) is 2.51. The molecule has 0 aliphatic carbocycles. The number of hydrogen-bond donors (Lipinski definition) is 2. The summed E-state index contributed by atoms with van der Waals surface area (Å²) in [5, 5.41) is 2.88. The molecule has 0 aliphatic heterocycles. The van der Waals surface area contributed by atoms with Crippen molar-refractivity contribution in [1.29, 1.82) is 0 Å². The zero-order valence-electron chi connectivity index (χ0n) is 13.9. The number of anilines is 1. The van der Waals surface area contributed by atoms with E-state index < -0.39 is 0 Å². The van der Waals surface area contributed by atoms with Gasteiger partial charge in [-0.25, -0.2) is 4.98 Å². The van der Waals surface area contributed by atoms with Crippen LogP contribution in [0.5, 0.6) is 0 Å². The van der Waals surface area contributed by atoms with Crippen molar-refractivity contribution >= 4 is 11.6 Å². The number of hydrogen-bond acceptors (Lipinski definition) is 3. The van der Waals surface area contributed by atoms with Crippen LogP contribution in [-0.4, -0.2) is 17.4 Å². The maximum Gasteiger partial charge on any atom is 0.272 e. The second-order valence-corrected chi connectivity index (χ2v) is 5.88. The summed E-state index contributed by atoms with van der Waals surface area (Å²) in [6, 6.07) is 3.43. The summed E-state index contributed by atoms with van der Waals surface area (Å²) in [4.78, 5) is 15.9. The summed E-state index contributed by atoms with van der Waals surface area (Å²) in [6.07, 6.45) is 14.5. The predicted molar refractivity (Wildman–Crippen MR) is 92.8 cm³/mol. The Morgan fingerprint density at radius 2 is 1.64 bits per heavy atom. The van der Waals surface area contributed by atoms with E-state index in [2.05, 4.69) is 17.2 Å². The van der Waals surface area contributed by atoms with Crippen molar-refractivity contribution in [2.75, 3.05) is 12.3 Å². The van der Waals surface area contributed by atoms with E-state index in [4.69, 9.17) is 5.73 Å². The van der Waals surface area contributed by atoms with Gasteiger partial charge in [-0.3, -0.25) is 4.79 Å². The highest BCUT2D eigenvalue weighted by atomic mass is 16.1. The zero-order chi connectivity index (χ0) is 16.0. The summed E-state index contributed by atoms with van der Waals surface area (Å²) in [5.74, 6) is -0.172. The Morgan fingerprint density at radius 3 is 2.23 bits per heavy atom. The summed E-state index contributed by atoms with van der Waals surface area (Å²) in [7, 11) is 0. The minimum Gasteiger partial charge on any atom is -0.397 e. The Kier molecular flexibility index (Phi) is 10.1. The highest BCUT2D eigenvalue weighted by Gasteiger charge is 2.09. The molecule has 1 aromatic heterocycles. The lowest BCUT2D eigenvalue weighted by molar-refractivity contribution is 0.0949. The second-order valence-electron chi connectivity index (χ2n) is 5.88. The summed E-state index contributed by atoms with van der Waals surface area (Å²) in [6.45, 7) is 2.95. The van der Waals surface area contributed by atoms with E-state index in [1.54, 1.807) is 18.3 Å². The van der Waals surface area contributed by atoms with E-state index in [1.165, 1.54) is 57.8 Å². The Hall–Kier alpha value is -1.58. The Bertz CT molecular complexity index is 421. The summed E-state index contributed by atoms with van der Waals surface area (Å²) < 4.78 is 0. The maximum absolute atomic E-state index is 11.9. The first-order valence-corrected chi connectivity index (χ1v) is 8.74. The highest BCUT2D eigenvalue weighted by Crippen LogP contribution is 2.10. The van der Waals surface area contributed by atoms with E-state index in [9.17, 15) is 4.79 Å². The molecule has 0 bridgehead atoms. The van der Waals surface area contributed by atoms with Crippen LogP contribution in [-0.2, 0) is 0 Å². The predicted octanol–water partition coefficient (Wildman–Crippen LogP) is 4.31. The number of pyridine rings is 1. The van der Waals surface area contributed by atoms with Gasteiger partial charge < -0.3 is 11.1 Å². The van der Waals surface area contributed by atoms with Crippen LogP contribution in [0, 0.1) is 0 Å². The fraction of sp³-hybridized carbons (Fsp3) is 0.667. The van der Waals surface area contributed by atoms with Gasteiger partial charge in [-0.2, -0.15) is 0 Å². The molecule has 0 saturated heterocycles. The number of carbonyl (C=O) groups is 1. The Balaban J connectivity index is 1.95. The molecule has 0 spiro atoms. The number of unbranched alkanes of at least 4 members (excludes halogenated alkanes) is 9. The van der Waals surface area contributed by atoms with Crippen LogP contribution >= 0.6 is 0 Å². The van der Waals surface area contributed by atoms with E-state index in [-0.39, 0.29) is 5.91 Å². The van der Waals surface area contributed by atoms with Crippen molar-refractivity contribution < 1.29 is 4.79 Å². The van der Waals surface area contributed by atoms with Gasteiger partial charge in [0.25, 0.3) is 5.91 Å². The third-order valence-corrected chi connectivity index (χ3v) is 3.87. The van der Waals surface area contributed by atoms with E-state index in [0.717, 1.165) is 6.42 Å². The molecule has 0 radical (unpaired) electrons. The van der Waals surface area contributed by atoms with Gasteiger partial charge in [-0.15, -0.1) is 0 Å². The molecule has 1 heterocycles. The van der Waals surface area contributed by atoms with Crippen LogP contribution in [0.2, 0.25) is 0 Å². The lowest BCUT2D eigenvalue weighted by Crippen LogP contribution is -2.26. The van der Waals surface area contributed by atoms with Crippen molar-refractivity contribution in [2.24, 2.45) is 0 Å². The topological polar surface area (TPSA) is 68.0 Å². The zero-order valence-corrected chi connectivity index (χ0v) is 13.9. The van der Waals surface area contributed by atoms with E-state index in [0.29, 0.717) is 17.9 Å². The number of aromatic nitrogens is 1. The van der Waals surface area contributed by atoms with Crippen molar-refractivity contribution in [3.63, 3.8) is 0 Å². The van der Waals surface area contributed by atoms with E-state index in [1.807, 2.05) is 0 Å².